The molecule has 4 nitrogen and oxygen atoms in total. The molecule has 0 radical (unpaired) electrons. The largest absolute Gasteiger partial charge is 0.481 e. The molecule has 2 N–H and O–H groups in total. The molecule has 0 aromatic carbocycles. The maximum absolute atomic E-state index is 11.7. The van der Waals surface area contributed by atoms with Crippen LogP contribution in [0.3, 0.4) is 0 Å². The predicted octanol–water partition coefficient (Wildman–Crippen LogP) is 1.89. The van der Waals surface area contributed by atoms with E-state index < -0.39 is 5.97 Å². The van der Waals surface area contributed by atoms with Gasteiger partial charge in [0.05, 0.1) is 6.42 Å². The molecule has 1 rings (SSSR count). The highest BCUT2D eigenvalue weighted by atomic mass is 32.2. The van der Waals surface area contributed by atoms with Gasteiger partial charge in [0.2, 0.25) is 5.91 Å². The molecule has 0 unspecified atom stereocenters. The molecule has 0 atom stereocenters. The third-order valence-electron chi connectivity index (χ3n) is 3.35. The van der Waals surface area contributed by atoms with E-state index in [2.05, 4.69) is 5.32 Å². The zero-order valence-corrected chi connectivity index (χ0v) is 11.1. The minimum atomic E-state index is -0.788. The molecule has 0 spiro atoms. The van der Waals surface area contributed by atoms with Crippen molar-refractivity contribution in [3.8, 4) is 0 Å². The molecule has 1 saturated carbocycles. The van der Waals surface area contributed by atoms with Crippen molar-refractivity contribution >= 4 is 23.6 Å². The molecule has 5 heteroatoms. The Morgan fingerprint density at radius 1 is 1.29 bits per heavy atom. The van der Waals surface area contributed by atoms with Gasteiger partial charge < -0.3 is 10.4 Å². The summed E-state index contributed by atoms with van der Waals surface area (Å²) in [7, 11) is 0. The average molecular weight is 259 g/mol. The second kappa shape index (κ2) is 6.89. The zero-order valence-electron chi connectivity index (χ0n) is 10.3. The Balaban J connectivity index is 2.43. The van der Waals surface area contributed by atoms with Gasteiger partial charge in [-0.2, -0.15) is 11.8 Å². The molecule has 0 aliphatic heterocycles. The fourth-order valence-corrected chi connectivity index (χ4v) is 2.86. The molecule has 1 fully saturated rings. The van der Waals surface area contributed by atoms with Crippen molar-refractivity contribution in [2.75, 3.05) is 18.6 Å². The Bertz CT molecular complexity index is 275. The standard InChI is InChI=1S/C12H21NO3S/c1-17-7-6-13-10(14)8-12(9-11(15)16)4-2-3-5-12/h2-9H2,1H3,(H,13,14)(H,15,16). The molecule has 0 heterocycles. The summed E-state index contributed by atoms with van der Waals surface area (Å²) in [6, 6.07) is 0. The van der Waals surface area contributed by atoms with E-state index in [0.29, 0.717) is 13.0 Å². The fraction of sp³-hybridized carbons (Fsp3) is 0.833. The summed E-state index contributed by atoms with van der Waals surface area (Å²) in [5.74, 6) is 0.114. The average Bonchev–Trinajstić information content (AvgIpc) is 2.65. The van der Waals surface area contributed by atoms with E-state index >= 15 is 0 Å². The molecular formula is C12H21NO3S. The lowest BCUT2D eigenvalue weighted by Gasteiger charge is -2.26. The first-order chi connectivity index (χ1) is 8.08. The van der Waals surface area contributed by atoms with Crippen LogP contribution in [0.4, 0.5) is 0 Å². The second-order valence-electron chi connectivity index (χ2n) is 4.80. The lowest BCUT2D eigenvalue weighted by atomic mass is 9.79. The Morgan fingerprint density at radius 2 is 1.94 bits per heavy atom. The van der Waals surface area contributed by atoms with Crippen molar-refractivity contribution in [1.82, 2.24) is 5.32 Å². The lowest BCUT2D eigenvalue weighted by molar-refractivity contribution is -0.140. The van der Waals surface area contributed by atoms with E-state index in [-0.39, 0.29) is 17.7 Å². The van der Waals surface area contributed by atoms with Gasteiger partial charge in [0, 0.05) is 18.7 Å². The van der Waals surface area contributed by atoms with Crippen molar-refractivity contribution in [1.29, 1.82) is 0 Å². The smallest absolute Gasteiger partial charge is 0.303 e. The van der Waals surface area contributed by atoms with Crippen molar-refractivity contribution in [2.24, 2.45) is 5.41 Å². The quantitative estimate of drug-likeness (QED) is 0.685. The van der Waals surface area contributed by atoms with Crippen molar-refractivity contribution in [3.05, 3.63) is 0 Å². The summed E-state index contributed by atoms with van der Waals surface area (Å²) >= 11 is 1.69. The summed E-state index contributed by atoms with van der Waals surface area (Å²) in [4.78, 5) is 22.6. The normalized spacial score (nSPS) is 17.9. The molecule has 0 aromatic rings. The number of carboxylic acids is 1. The molecule has 0 aromatic heterocycles. The van der Waals surface area contributed by atoms with Crippen LogP contribution in [0.25, 0.3) is 0 Å². The third kappa shape index (κ3) is 4.98. The molecule has 0 saturated heterocycles. The van der Waals surface area contributed by atoms with Crippen LogP contribution in [0.1, 0.15) is 38.5 Å². The Labute approximate surface area is 107 Å². The van der Waals surface area contributed by atoms with Crippen LogP contribution in [0.5, 0.6) is 0 Å². The fourth-order valence-electron chi connectivity index (χ4n) is 2.56. The van der Waals surface area contributed by atoms with Crippen LogP contribution in [-0.2, 0) is 9.59 Å². The SMILES string of the molecule is CSCCNC(=O)CC1(CC(=O)O)CCCC1. The van der Waals surface area contributed by atoms with E-state index in [0.717, 1.165) is 31.4 Å². The van der Waals surface area contributed by atoms with Crippen molar-refractivity contribution in [2.45, 2.75) is 38.5 Å². The molecule has 0 bridgehead atoms. The lowest BCUT2D eigenvalue weighted by Crippen LogP contribution is -2.33. The maximum atomic E-state index is 11.7. The molecule has 98 valence electrons. The minimum absolute atomic E-state index is 0.00204. The van der Waals surface area contributed by atoms with Crippen molar-refractivity contribution in [3.63, 3.8) is 0 Å². The summed E-state index contributed by atoms with van der Waals surface area (Å²) in [6.07, 6.45) is 6.33. The second-order valence-corrected chi connectivity index (χ2v) is 5.78. The van der Waals surface area contributed by atoms with Crippen LogP contribution in [0.2, 0.25) is 0 Å². The predicted molar refractivity (Wildman–Crippen MR) is 69.2 cm³/mol. The first-order valence-electron chi connectivity index (χ1n) is 6.05. The molecule has 1 aliphatic rings. The van der Waals surface area contributed by atoms with E-state index in [4.69, 9.17) is 5.11 Å². The summed E-state index contributed by atoms with van der Waals surface area (Å²) in [6.45, 7) is 0.670. The van der Waals surface area contributed by atoms with Gasteiger partial charge >= 0.3 is 5.97 Å². The number of nitrogens with one attached hydrogen (secondary N) is 1. The van der Waals surface area contributed by atoms with Gasteiger partial charge in [-0.1, -0.05) is 12.8 Å². The highest BCUT2D eigenvalue weighted by molar-refractivity contribution is 7.98. The van der Waals surface area contributed by atoms with E-state index in [9.17, 15) is 9.59 Å². The van der Waals surface area contributed by atoms with Crippen LogP contribution in [0, 0.1) is 5.41 Å². The number of carboxylic acid groups (broad SMARTS) is 1. The summed E-state index contributed by atoms with van der Waals surface area (Å²) in [5.41, 5.74) is -0.282. The first kappa shape index (κ1) is 14.4. The minimum Gasteiger partial charge on any atom is -0.481 e. The Hall–Kier alpha value is -0.710. The van der Waals surface area contributed by atoms with Gasteiger partial charge in [0.15, 0.2) is 0 Å². The van der Waals surface area contributed by atoms with E-state index in [1.807, 2.05) is 6.26 Å². The van der Waals surface area contributed by atoms with Gasteiger partial charge in [0.25, 0.3) is 0 Å². The third-order valence-corrected chi connectivity index (χ3v) is 3.97. The number of rotatable bonds is 7. The van der Waals surface area contributed by atoms with Crippen LogP contribution in [0.15, 0.2) is 0 Å². The topological polar surface area (TPSA) is 66.4 Å². The Kier molecular flexibility index (Phi) is 5.82. The Morgan fingerprint density at radius 3 is 2.47 bits per heavy atom. The van der Waals surface area contributed by atoms with Crippen LogP contribution in [-0.4, -0.2) is 35.5 Å². The van der Waals surface area contributed by atoms with Gasteiger partial charge in [-0.15, -0.1) is 0 Å². The number of amides is 1. The number of thioether (sulfide) groups is 1. The van der Waals surface area contributed by atoms with Gasteiger partial charge in [0.1, 0.15) is 0 Å². The van der Waals surface area contributed by atoms with Gasteiger partial charge in [-0.05, 0) is 24.5 Å². The summed E-state index contributed by atoms with van der Waals surface area (Å²) < 4.78 is 0. The van der Waals surface area contributed by atoms with Crippen molar-refractivity contribution < 1.29 is 14.7 Å². The zero-order chi connectivity index (χ0) is 12.7. The highest BCUT2D eigenvalue weighted by Crippen LogP contribution is 2.43. The molecule has 1 amide bonds. The number of hydrogen-bond donors (Lipinski definition) is 2. The number of hydrogen-bond acceptors (Lipinski definition) is 3. The van der Waals surface area contributed by atoms with E-state index in [1.54, 1.807) is 11.8 Å². The van der Waals surface area contributed by atoms with Gasteiger partial charge in [-0.25, -0.2) is 0 Å². The first-order valence-corrected chi connectivity index (χ1v) is 7.45. The maximum Gasteiger partial charge on any atom is 0.303 e. The monoisotopic (exact) mass is 259 g/mol. The van der Waals surface area contributed by atoms with Gasteiger partial charge in [-0.3, -0.25) is 9.59 Å². The number of carbonyl (C=O) groups is 2. The number of aliphatic carboxylic acids is 1. The van der Waals surface area contributed by atoms with E-state index in [1.165, 1.54) is 0 Å². The van der Waals surface area contributed by atoms with Crippen LogP contribution >= 0.6 is 11.8 Å². The number of carbonyl (C=O) groups excluding carboxylic acids is 1. The molecule has 17 heavy (non-hydrogen) atoms. The highest BCUT2D eigenvalue weighted by Gasteiger charge is 2.37. The molecular weight excluding hydrogens is 238 g/mol. The van der Waals surface area contributed by atoms with Crippen LogP contribution < -0.4 is 5.32 Å². The molecule has 1 aliphatic carbocycles. The summed E-state index contributed by atoms with van der Waals surface area (Å²) in [5, 5.41) is 11.8.